The van der Waals surface area contributed by atoms with Crippen molar-refractivity contribution in [1.82, 2.24) is 9.47 Å². The number of Topliss-reactive ketones (excluding diaryl/α,β-unsaturated/α-hetero) is 1. The predicted octanol–water partition coefficient (Wildman–Crippen LogP) is 3.17. The molecule has 0 atom stereocenters. The number of nitrogens with zero attached hydrogens (tertiary/aromatic N) is 2. The molecule has 1 fully saturated rings. The average Bonchev–Trinajstić information content (AvgIpc) is 2.99. The van der Waals surface area contributed by atoms with Gasteiger partial charge in [-0.15, -0.1) is 0 Å². The lowest BCUT2D eigenvalue weighted by molar-refractivity contribution is -0.186. The van der Waals surface area contributed by atoms with Gasteiger partial charge in [0.25, 0.3) is 0 Å². The maximum atomic E-state index is 12.9. The topological polar surface area (TPSA) is 51.5 Å². The number of rotatable bonds is 3. The molecule has 26 heavy (non-hydrogen) atoms. The Hall–Kier alpha value is -2.51. The second kappa shape index (κ2) is 6.66. The van der Waals surface area contributed by atoms with Gasteiger partial charge in [-0.3, -0.25) is 9.59 Å². The molecule has 3 rings (SSSR count). The Morgan fingerprint density at radius 2 is 1.85 bits per heavy atom. The summed E-state index contributed by atoms with van der Waals surface area (Å²) in [5, 5.41) is 0.890. The van der Waals surface area contributed by atoms with Crippen molar-refractivity contribution in [3.8, 4) is 5.75 Å². The van der Waals surface area contributed by atoms with Crippen LogP contribution in [0.15, 0.2) is 24.4 Å². The smallest absolute Gasteiger partial charge is 0.471 e. The number of fused-ring (bicyclic) bond motifs is 1. The van der Waals surface area contributed by atoms with E-state index in [0.717, 1.165) is 15.8 Å². The zero-order chi connectivity index (χ0) is 19.1. The third-order valence-corrected chi connectivity index (χ3v) is 4.87. The minimum Gasteiger partial charge on any atom is -0.496 e. The molecule has 0 saturated carbocycles. The number of aromatic nitrogens is 1. The molecule has 8 heteroatoms. The Labute approximate surface area is 148 Å². The summed E-state index contributed by atoms with van der Waals surface area (Å²) in [4.78, 5) is 25.0. The number of benzene rings is 1. The van der Waals surface area contributed by atoms with Crippen LogP contribution in [0.4, 0.5) is 13.2 Å². The second-order valence-corrected chi connectivity index (χ2v) is 6.47. The van der Waals surface area contributed by atoms with E-state index in [4.69, 9.17) is 4.74 Å². The average molecular weight is 368 g/mol. The molecule has 1 aliphatic heterocycles. The van der Waals surface area contributed by atoms with Gasteiger partial charge in [0.2, 0.25) is 0 Å². The summed E-state index contributed by atoms with van der Waals surface area (Å²) in [6.45, 7) is -0.157. The predicted molar refractivity (Wildman–Crippen MR) is 89.2 cm³/mol. The molecule has 0 radical (unpaired) electrons. The van der Waals surface area contributed by atoms with Crippen molar-refractivity contribution < 1.29 is 27.5 Å². The number of piperidine rings is 1. The molecule has 140 valence electrons. The molecule has 0 unspecified atom stereocenters. The Morgan fingerprint density at radius 1 is 1.19 bits per heavy atom. The Balaban J connectivity index is 1.78. The first-order chi connectivity index (χ1) is 12.2. The Bertz CT molecular complexity index is 849. The van der Waals surface area contributed by atoms with Crippen LogP contribution in [0.1, 0.15) is 23.2 Å². The van der Waals surface area contributed by atoms with Crippen LogP contribution < -0.4 is 4.74 Å². The SMILES string of the molecule is COc1cc2c(ccn2C)cc1C(=O)C1CCN(C(=O)C(F)(F)F)CC1. The monoisotopic (exact) mass is 368 g/mol. The van der Waals surface area contributed by atoms with Gasteiger partial charge in [0.05, 0.1) is 18.2 Å². The molecule has 5 nitrogen and oxygen atoms in total. The van der Waals surface area contributed by atoms with Crippen LogP contribution in [0.5, 0.6) is 5.75 Å². The third kappa shape index (κ3) is 3.27. The molecule has 2 heterocycles. The molecule has 1 aromatic heterocycles. The molecular weight excluding hydrogens is 349 g/mol. The maximum absolute atomic E-state index is 12.9. The van der Waals surface area contributed by atoms with Crippen LogP contribution in [-0.4, -0.2) is 47.5 Å². The summed E-state index contributed by atoms with van der Waals surface area (Å²) in [5.41, 5.74) is 1.34. The van der Waals surface area contributed by atoms with Crippen LogP contribution >= 0.6 is 0 Å². The van der Waals surface area contributed by atoms with Gasteiger partial charge in [-0.1, -0.05) is 0 Å². The van der Waals surface area contributed by atoms with Gasteiger partial charge in [-0.05, 0) is 25.0 Å². The molecular formula is C18H19F3N2O3. The summed E-state index contributed by atoms with van der Waals surface area (Å²) in [7, 11) is 3.36. The molecule has 1 saturated heterocycles. The van der Waals surface area contributed by atoms with Crippen LogP contribution in [0, 0.1) is 5.92 Å². The number of ether oxygens (including phenoxy) is 1. The van der Waals surface area contributed by atoms with Crippen LogP contribution in [0.25, 0.3) is 10.9 Å². The van der Waals surface area contributed by atoms with Gasteiger partial charge in [-0.2, -0.15) is 13.2 Å². The second-order valence-electron chi connectivity index (χ2n) is 6.47. The highest BCUT2D eigenvalue weighted by Crippen LogP contribution is 2.32. The number of hydrogen-bond acceptors (Lipinski definition) is 3. The van der Waals surface area contributed by atoms with Crippen LogP contribution in [0.2, 0.25) is 0 Å². The number of methoxy groups -OCH3 is 1. The highest BCUT2D eigenvalue weighted by molar-refractivity contribution is 6.04. The summed E-state index contributed by atoms with van der Waals surface area (Å²) in [6, 6.07) is 5.42. The quantitative estimate of drug-likeness (QED) is 0.782. The normalized spacial score (nSPS) is 16.1. The highest BCUT2D eigenvalue weighted by atomic mass is 19.4. The number of amides is 1. The minimum atomic E-state index is -4.88. The molecule has 1 aliphatic rings. The lowest BCUT2D eigenvalue weighted by Crippen LogP contribution is -2.46. The lowest BCUT2D eigenvalue weighted by Gasteiger charge is -2.31. The van der Waals surface area contributed by atoms with E-state index >= 15 is 0 Å². The van der Waals surface area contributed by atoms with Crippen molar-refractivity contribution in [3.63, 3.8) is 0 Å². The molecule has 1 amide bonds. The van der Waals surface area contributed by atoms with Gasteiger partial charge in [-0.25, -0.2) is 0 Å². The summed E-state index contributed by atoms with van der Waals surface area (Å²) >= 11 is 0. The van der Waals surface area contributed by atoms with Crippen molar-refractivity contribution in [2.24, 2.45) is 13.0 Å². The molecule has 0 spiro atoms. The van der Waals surface area contributed by atoms with E-state index in [-0.39, 0.29) is 31.7 Å². The molecule has 2 aromatic rings. The largest absolute Gasteiger partial charge is 0.496 e. The Morgan fingerprint density at radius 3 is 2.42 bits per heavy atom. The fraction of sp³-hybridized carbons (Fsp3) is 0.444. The maximum Gasteiger partial charge on any atom is 0.471 e. The standard InChI is InChI=1S/C18H19F3N2O3/c1-22-6-3-12-9-13(15(26-2)10-14(12)22)16(24)11-4-7-23(8-5-11)17(25)18(19,20)21/h3,6,9-11H,4-5,7-8H2,1-2H3. The molecule has 0 N–H and O–H groups in total. The van der Waals surface area contributed by atoms with Crippen molar-refractivity contribution in [2.75, 3.05) is 20.2 Å². The minimum absolute atomic E-state index is 0.0787. The summed E-state index contributed by atoms with van der Waals surface area (Å²) < 4.78 is 44.8. The van der Waals surface area contributed by atoms with E-state index < -0.39 is 18.0 Å². The third-order valence-electron chi connectivity index (χ3n) is 4.87. The lowest BCUT2D eigenvalue weighted by atomic mass is 9.88. The van der Waals surface area contributed by atoms with Crippen LogP contribution in [0.3, 0.4) is 0 Å². The molecule has 0 bridgehead atoms. The van der Waals surface area contributed by atoms with Gasteiger partial charge in [0, 0.05) is 43.7 Å². The molecule has 1 aromatic carbocycles. The van der Waals surface area contributed by atoms with Gasteiger partial charge < -0.3 is 14.2 Å². The van der Waals surface area contributed by atoms with Crippen molar-refractivity contribution in [1.29, 1.82) is 0 Å². The van der Waals surface area contributed by atoms with E-state index in [1.165, 1.54) is 7.11 Å². The fourth-order valence-corrected chi connectivity index (χ4v) is 3.40. The number of halogens is 3. The number of hydrogen-bond donors (Lipinski definition) is 0. The van der Waals surface area contributed by atoms with Gasteiger partial charge in [0.15, 0.2) is 5.78 Å². The number of ketones is 1. The van der Waals surface area contributed by atoms with Crippen molar-refractivity contribution in [2.45, 2.75) is 19.0 Å². The van der Waals surface area contributed by atoms with E-state index in [2.05, 4.69) is 0 Å². The number of carbonyl (C=O) groups excluding carboxylic acids is 2. The van der Waals surface area contributed by atoms with E-state index in [0.29, 0.717) is 11.3 Å². The number of likely N-dealkylation sites (tertiary alicyclic amines) is 1. The number of aryl methyl sites for hydroxylation is 1. The Kier molecular flexibility index (Phi) is 4.68. The first-order valence-corrected chi connectivity index (χ1v) is 8.25. The zero-order valence-corrected chi connectivity index (χ0v) is 14.5. The van der Waals surface area contributed by atoms with Gasteiger partial charge in [0.1, 0.15) is 5.75 Å². The van der Waals surface area contributed by atoms with E-state index in [1.807, 2.05) is 23.9 Å². The number of carbonyl (C=O) groups is 2. The first kappa shape index (κ1) is 18.3. The van der Waals surface area contributed by atoms with E-state index in [9.17, 15) is 22.8 Å². The van der Waals surface area contributed by atoms with Gasteiger partial charge >= 0.3 is 12.1 Å². The van der Waals surface area contributed by atoms with Crippen molar-refractivity contribution >= 4 is 22.6 Å². The summed E-state index contributed by atoms with van der Waals surface area (Å²) in [6.07, 6.45) is -2.59. The first-order valence-electron chi connectivity index (χ1n) is 8.25. The highest BCUT2D eigenvalue weighted by Gasteiger charge is 2.43. The van der Waals surface area contributed by atoms with Crippen molar-refractivity contribution in [3.05, 3.63) is 30.0 Å². The fourth-order valence-electron chi connectivity index (χ4n) is 3.40. The molecule has 0 aliphatic carbocycles. The van der Waals surface area contributed by atoms with Crippen LogP contribution in [-0.2, 0) is 11.8 Å². The number of alkyl halides is 3. The zero-order valence-electron chi connectivity index (χ0n) is 14.5. The summed E-state index contributed by atoms with van der Waals surface area (Å²) in [5.74, 6) is -1.99. The van der Waals surface area contributed by atoms with E-state index in [1.54, 1.807) is 12.1 Å².